The molecule has 1 rings (SSSR count). The molecule has 6 heteroatoms. The summed E-state index contributed by atoms with van der Waals surface area (Å²) in [4.78, 5) is 22.7. The molecule has 0 aliphatic rings. The maximum absolute atomic E-state index is 11.8. The van der Waals surface area contributed by atoms with Crippen LogP contribution in [0.2, 0.25) is 5.02 Å². The van der Waals surface area contributed by atoms with E-state index in [0.29, 0.717) is 16.3 Å². The standard InChI is InChI=1S/C11H13ClN2O2S/c1-7(15)13-10(6-17)14-11(16)8-3-2-4-9(12)5-8/h2-5,10,17H,6H2,1H3,(H,13,15)(H,14,16)/t10-/m1/s1. The molecule has 0 saturated heterocycles. The summed E-state index contributed by atoms with van der Waals surface area (Å²) in [7, 11) is 0. The number of carbonyl (C=O) groups is 2. The summed E-state index contributed by atoms with van der Waals surface area (Å²) >= 11 is 9.82. The van der Waals surface area contributed by atoms with Gasteiger partial charge in [0.2, 0.25) is 5.91 Å². The monoisotopic (exact) mass is 272 g/mol. The van der Waals surface area contributed by atoms with Gasteiger partial charge in [0.15, 0.2) is 0 Å². The van der Waals surface area contributed by atoms with Gasteiger partial charge in [-0.05, 0) is 18.2 Å². The van der Waals surface area contributed by atoms with Gasteiger partial charge in [-0.15, -0.1) is 0 Å². The number of rotatable bonds is 4. The Bertz CT molecular complexity index is 426. The van der Waals surface area contributed by atoms with Crippen molar-refractivity contribution in [1.82, 2.24) is 10.6 Å². The molecule has 4 nitrogen and oxygen atoms in total. The molecule has 92 valence electrons. The van der Waals surface area contributed by atoms with Crippen LogP contribution in [0.5, 0.6) is 0 Å². The smallest absolute Gasteiger partial charge is 0.252 e. The molecule has 1 atom stereocenters. The van der Waals surface area contributed by atoms with Gasteiger partial charge in [-0.1, -0.05) is 17.7 Å². The number of nitrogens with one attached hydrogen (secondary N) is 2. The lowest BCUT2D eigenvalue weighted by molar-refractivity contribution is -0.119. The summed E-state index contributed by atoms with van der Waals surface area (Å²) in [6.45, 7) is 1.38. The fraction of sp³-hybridized carbons (Fsp3) is 0.273. The van der Waals surface area contributed by atoms with Gasteiger partial charge in [-0.25, -0.2) is 0 Å². The Labute approximate surface area is 110 Å². The van der Waals surface area contributed by atoms with Crippen molar-refractivity contribution in [2.24, 2.45) is 0 Å². The molecule has 0 radical (unpaired) electrons. The predicted octanol–water partition coefficient (Wildman–Crippen LogP) is 1.46. The maximum Gasteiger partial charge on any atom is 0.252 e. The van der Waals surface area contributed by atoms with Crippen LogP contribution in [-0.2, 0) is 4.79 Å². The third-order valence-corrected chi connectivity index (χ3v) is 2.55. The molecular weight excluding hydrogens is 260 g/mol. The molecule has 0 aliphatic carbocycles. The van der Waals surface area contributed by atoms with Crippen LogP contribution in [0.15, 0.2) is 24.3 Å². The Morgan fingerprint density at radius 3 is 2.65 bits per heavy atom. The Morgan fingerprint density at radius 2 is 2.12 bits per heavy atom. The topological polar surface area (TPSA) is 58.2 Å². The summed E-state index contributed by atoms with van der Waals surface area (Å²) in [5.41, 5.74) is 0.439. The molecular formula is C11H13ClN2O2S. The van der Waals surface area contributed by atoms with Gasteiger partial charge >= 0.3 is 0 Å². The zero-order valence-corrected chi connectivity index (χ0v) is 10.9. The first-order valence-corrected chi connectivity index (χ1v) is 5.98. The number of benzene rings is 1. The van der Waals surface area contributed by atoms with Gasteiger partial charge in [-0.2, -0.15) is 12.6 Å². The van der Waals surface area contributed by atoms with Crippen LogP contribution in [-0.4, -0.2) is 23.7 Å². The summed E-state index contributed by atoms with van der Waals surface area (Å²) in [5, 5.41) is 5.69. The second kappa shape index (κ2) is 6.51. The maximum atomic E-state index is 11.8. The first kappa shape index (κ1) is 13.9. The Hall–Kier alpha value is -1.20. The third-order valence-electron chi connectivity index (χ3n) is 1.95. The number of halogens is 1. The van der Waals surface area contributed by atoms with Crippen molar-refractivity contribution in [3.63, 3.8) is 0 Å². The van der Waals surface area contributed by atoms with Crippen molar-refractivity contribution in [3.8, 4) is 0 Å². The third kappa shape index (κ3) is 4.66. The first-order chi connectivity index (χ1) is 8.02. The highest BCUT2D eigenvalue weighted by molar-refractivity contribution is 7.80. The number of hydrogen-bond donors (Lipinski definition) is 3. The lowest BCUT2D eigenvalue weighted by Crippen LogP contribution is -2.48. The van der Waals surface area contributed by atoms with E-state index < -0.39 is 6.17 Å². The molecule has 17 heavy (non-hydrogen) atoms. The van der Waals surface area contributed by atoms with E-state index in [0.717, 1.165) is 0 Å². The molecule has 0 bridgehead atoms. The van der Waals surface area contributed by atoms with Gasteiger partial charge in [0, 0.05) is 23.3 Å². The van der Waals surface area contributed by atoms with Crippen LogP contribution in [0, 0.1) is 0 Å². The quantitative estimate of drug-likeness (QED) is 0.574. The van der Waals surface area contributed by atoms with E-state index in [9.17, 15) is 9.59 Å². The zero-order valence-electron chi connectivity index (χ0n) is 9.24. The second-order valence-electron chi connectivity index (χ2n) is 3.42. The Morgan fingerprint density at radius 1 is 1.41 bits per heavy atom. The normalized spacial score (nSPS) is 11.7. The molecule has 0 saturated carbocycles. The zero-order chi connectivity index (χ0) is 12.8. The molecule has 2 N–H and O–H groups in total. The van der Waals surface area contributed by atoms with Crippen LogP contribution in [0.3, 0.4) is 0 Å². The van der Waals surface area contributed by atoms with Gasteiger partial charge in [0.25, 0.3) is 5.91 Å². The highest BCUT2D eigenvalue weighted by Crippen LogP contribution is 2.10. The minimum atomic E-state index is -0.498. The van der Waals surface area contributed by atoms with E-state index in [2.05, 4.69) is 23.3 Å². The van der Waals surface area contributed by atoms with E-state index in [1.807, 2.05) is 0 Å². The predicted molar refractivity (Wildman–Crippen MR) is 70.4 cm³/mol. The van der Waals surface area contributed by atoms with E-state index >= 15 is 0 Å². The summed E-state index contributed by atoms with van der Waals surface area (Å²) in [5.74, 6) is -0.220. The molecule has 0 spiro atoms. The average molecular weight is 273 g/mol. The van der Waals surface area contributed by atoms with Crippen LogP contribution in [0.25, 0.3) is 0 Å². The van der Waals surface area contributed by atoms with E-state index in [4.69, 9.17) is 11.6 Å². The van der Waals surface area contributed by atoms with E-state index in [-0.39, 0.29) is 11.8 Å². The number of hydrogen-bond acceptors (Lipinski definition) is 3. The average Bonchev–Trinajstić information content (AvgIpc) is 2.27. The fourth-order valence-corrected chi connectivity index (χ4v) is 1.62. The van der Waals surface area contributed by atoms with E-state index in [1.165, 1.54) is 6.92 Å². The first-order valence-electron chi connectivity index (χ1n) is 4.97. The van der Waals surface area contributed by atoms with Crippen LogP contribution in [0.1, 0.15) is 17.3 Å². The molecule has 0 fully saturated rings. The largest absolute Gasteiger partial charge is 0.335 e. The van der Waals surface area contributed by atoms with Crippen molar-refractivity contribution in [3.05, 3.63) is 34.9 Å². The van der Waals surface area contributed by atoms with Gasteiger partial charge in [-0.3, -0.25) is 9.59 Å². The summed E-state index contributed by atoms with van der Waals surface area (Å²) < 4.78 is 0. The minimum Gasteiger partial charge on any atom is -0.335 e. The molecule has 0 unspecified atom stereocenters. The molecule has 0 heterocycles. The van der Waals surface area contributed by atoms with Crippen molar-refractivity contribution < 1.29 is 9.59 Å². The number of amides is 2. The van der Waals surface area contributed by atoms with Crippen LogP contribution < -0.4 is 10.6 Å². The Kier molecular flexibility index (Phi) is 5.31. The fourth-order valence-electron chi connectivity index (χ4n) is 1.24. The Balaban J connectivity index is 2.67. The molecule has 0 aliphatic heterocycles. The van der Waals surface area contributed by atoms with Gasteiger partial charge in [0.05, 0.1) is 0 Å². The second-order valence-corrected chi connectivity index (χ2v) is 4.22. The number of thiol groups is 1. The lowest BCUT2D eigenvalue weighted by atomic mass is 10.2. The lowest BCUT2D eigenvalue weighted by Gasteiger charge is -2.17. The van der Waals surface area contributed by atoms with Crippen molar-refractivity contribution >= 4 is 36.0 Å². The molecule has 2 amide bonds. The van der Waals surface area contributed by atoms with Crippen molar-refractivity contribution in [2.75, 3.05) is 5.75 Å². The SMILES string of the molecule is CC(=O)N[C@@H](CS)NC(=O)c1cccc(Cl)c1. The van der Waals surface area contributed by atoms with Crippen LogP contribution in [0.4, 0.5) is 0 Å². The van der Waals surface area contributed by atoms with Crippen molar-refractivity contribution in [2.45, 2.75) is 13.1 Å². The highest BCUT2D eigenvalue weighted by atomic mass is 35.5. The number of carbonyl (C=O) groups excluding carboxylic acids is 2. The molecule has 0 aromatic heterocycles. The van der Waals surface area contributed by atoms with Crippen molar-refractivity contribution in [1.29, 1.82) is 0 Å². The van der Waals surface area contributed by atoms with Crippen LogP contribution >= 0.6 is 24.2 Å². The molecule has 1 aromatic rings. The minimum absolute atomic E-state index is 0.226. The molecule has 1 aromatic carbocycles. The van der Waals surface area contributed by atoms with Gasteiger partial charge in [0.1, 0.15) is 6.17 Å². The summed E-state index contributed by atoms with van der Waals surface area (Å²) in [6.07, 6.45) is -0.498. The highest BCUT2D eigenvalue weighted by Gasteiger charge is 2.13. The summed E-state index contributed by atoms with van der Waals surface area (Å²) in [6, 6.07) is 6.57. The van der Waals surface area contributed by atoms with Gasteiger partial charge < -0.3 is 10.6 Å². The van der Waals surface area contributed by atoms with E-state index in [1.54, 1.807) is 24.3 Å².